The van der Waals surface area contributed by atoms with E-state index in [4.69, 9.17) is 0 Å². The third kappa shape index (κ3) is 4.44. The Bertz CT molecular complexity index is 437. The van der Waals surface area contributed by atoms with Crippen LogP contribution in [0, 0.1) is 17.6 Å². The van der Waals surface area contributed by atoms with Crippen LogP contribution in [0.25, 0.3) is 0 Å². The fraction of sp³-hybridized carbons (Fsp3) is 0.462. The molecule has 6 heteroatoms. The van der Waals surface area contributed by atoms with Crippen LogP contribution in [0.3, 0.4) is 0 Å². The largest absolute Gasteiger partial charge is 0.352 e. The normalized spacial score (nSPS) is 17.9. The highest BCUT2D eigenvalue weighted by Crippen LogP contribution is 2.12. The van der Waals surface area contributed by atoms with Crippen molar-refractivity contribution in [1.29, 1.82) is 0 Å². The summed E-state index contributed by atoms with van der Waals surface area (Å²) in [6.45, 7) is 2.46. The summed E-state index contributed by atoms with van der Waals surface area (Å²) in [6.07, 6.45) is 1.96. The lowest BCUT2D eigenvalue weighted by molar-refractivity contribution is 0.0947. The lowest BCUT2D eigenvalue weighted by Crippen LogP contribution is -2.27. The summed E-state index contributed by atoms with van der Waals surface area (Å²) in [4.78, 5) is 11.7. The van der Waals surface area contributed by atoms with Crippen molar-refractivity contribution < 1.29 is 13.6 Å². The van der Waals surface area contributed by atoms with Gasteiger partial charge < -0.3 is 10.6 Å². The topological polar surface area (TPSA) is 41.1 Å². The standard InChI is InChI=1S/C13H16F2N2O.ClH/c14-10-1-2-12(15)11(7-10)13(18)17-6-4-9-3-5-16-8-9;/h1-2,7,9,16H,3-6,8H2,(H,17,18);1H. The van der Waals surface area contributed by atoms with Crippen molar-refractivity contribution in [1.82, 2.24) is 10.6 Å². The molecule has 3 nitrogen and oxygen atoms in total. The molecular weight excluding hydrogens is 274 g/mol. The zero-order valence-electron chi connectivity index (χ0n) is 10.4. The van der Waals surface area contributed by atoms with E-state index in [-0.39, 0.29) is 18.0 Å². The monoisotopic (exact) mass is 290 g/mol. The van der Waals surface area contributed by atoms with Crippen molar-refractivity contribution in [2.45, 2.75) is 12.8 Å². The van der Waals surface area contributed by atoms with Crippen molar-refractivity contribution in [3.8, 4) is 0 Å². The number of rotatable bonds is 4. The summed E-state index contributed by atoms with van der Waals surface area (Å²) in [5.41, 5.74) is -0.237. The molecule has 0 bridgehead atoms. The summed E-state index contributed by atoms with van der Waals surface area (Å²) < 4.78 is 26.2. The molecule has 1 amide bonds. The van der Waals surface area contributed by atoms with Crippen LogP contribution in [-0.4, -0.2) is 25.5 Å². The molecule has 1 aromatic rings. The minimum absolute atomic E-state index is 0. The van der Waals surface area contributed by atoms with E-state index in [0.29, 0.717) is 12.5 Å². The maximum atomic E-state index is 13.3. The molecule has 1 atom stereocenters. The first-order valence-corrected chi connectivity index (χ1v) is 6.11. The summed E-state index contributed by atoms with van der Waals surface area (Å²) in [5.74, 6) is -1.31. The molecule has 106 valence electrons. The van der Waals surface area contributed by atoms with E-state index in [1.165, 1.54) is 0 Å². The molecule has 0 aliphatic carbocycles. The minimum Gasteiger partial charge on any atom is -0.352 e. The highest BCUT2D eigenvalue weighted by atomic mass is 35.5. The first-order chi connectivity index (χ1) is 8.66. The fourth-order valence-electron chi connectivity index (χ4n) is 2.12. The van der Waals surface area contributed by atoms with Gasteiger partial charge in [-0.05, 0) is 50.0 Å². The van der Waals surface area contributed by atoms with Crippen LogP contribution < -0.4 is 10.6 Å². The molecule has 0 spiro atoms. The zero-order valence-corrected chi connectivity index (χ0v) is 11.2. The van der Waals surface area contributed by atoms with Crippen LogP contribution in [0.15, 0.2) is 18.2 Å². The first kappa shape index (κ1) is 15.9. The van der Waals surface area contributed by atoms with Crippen LogP contribution in [0.2, 0.25) is 0 Å². The Hall–Kier alpha value is -1.20. The fourth-order valence-corrected chi connectivity index (χ4v) is 2.12. The number of benzene rings is 1. The molecule has 0 aromatic heterocycles. The molecule has 1 aliphatic rings. The summed E-state index contributed by atoms with van der Waals surface area (Å²) in [6, 6.07) is 2.88. The first-order valence-electron chi connectivity index (χ1n) is 6.11. The van der Waals surface area contributed by atoms with E-state index in [9.17, 15) is 13.6 Å². The van der Waals surface area contributed by atoms with E-state index in [1.807, 2.05) is 0 Å². The molecule has 0 saturated carbocycles. The number of amides is 1. The number of carbonyl (C=O) groups excluding carboxylic acids is 1. The van der Waals surface area contributed by atoms with Crippen molar-refractivity contribution >= 4 is 18.3 Å². The number of hydrogen-bond donors (Lipinski definition) is 2. The lowest BCUT2D eigenvalue weighted by atomic mass is 10.1. The SMILES string of the molecule is Cl.O=C(NCCC1CCNC1)c1cc(F)ccc1F. The van der Waals surface area contributed by atoms with Crippen LogP contribution >= 0.6 is 12.4 Å². The van der Waals surface area contributed by atoms with Crippen LogP contribution in [0.4, 0.5) is 8.78 Å². The molecule has 1 saturated heterocycles. The van der Waals surface area contributed by atoms with E-state index >= 15 is 0 Å². The average Bonchev–Trinajstić information content (AvgIpc) is 2.85. The van der Waals surface area contributed by atoms with Crippen molar-refractivity contribution in [3.05, 3.63) is 35.4 Å². The second kappa shape index (κ2) is 7.40. The third-order valence-corrected chi connectivity index (χ3v) is 3.17. The van der Waals surface area contributed by atoms with Gasteiger partial charge in [-0.1, -0.05) is 0 Å². The highest BCUT2D eigenvalue weighted by molar-refractivity contribution is 5.94. The summed E-state index contributed by atoms with van der Waals surface area (Å²) in [7, 11) is 0. The minimum atomic E-state index is -0.698. The van der Waals surface area contributed by atoms with Gasteiger partial charge in [0.15, 0.2) is 0 Å². The summed E-state index contributed by atoms with van der Waals surface area (Å²) in [5, 5.41) is 5.86. The van der Waals surface area contributed by atoms with Crippen molar-refractivity contribution in [2.24, 2.45) is 5.92 Å². The molecular formula is C13H17ClF2N2O. The van der Waals surface area contributed by atoms with Gasteiger partial charge in [-0.3, -0.25) is 4.79 Å². The molecule has 1 fully saturated rings. The van der Waals surface area contributed by atoms with E-state index in [0.717, 1.165) is 44.1 Å². The van der Waals surface area contributed by atoms with E-state index in [1.54, 1.807) is 0 Å². The average molecular weight is 291 g/mol. The number of carbonyl (C=O) groups is 1. The highest BCUT2D eigenvalue weighted by Gasteiger charge is 2.16. The second-order valence-electron chi connectivity index (χ2n) is 4.53. The van der Waals surface area contributed by atoms with Gasteiger partial charge in [-0.2, -0.15) is 0 Å². The van der Waals surface area contributed by atoms with Gasteiger partial charge in [0, 0.05) is 6.54 Å². The van der Waals surface area contributed by atoms with E-state index < -0.39 is 17.5 Å². The van der Waals surface area contributed by atoms with E-state index in [2.05, 4.69) is 10.6 Å². The Morgan fingerprint density at radius 2 is 2.21 bits per heavy atom. The quantitative estimate of drug-likeness (QED) is 0.892. The molecule has 2 rings (SSSR count). The molecule has 1 aliphatic heterocycles. The van der Waals surface area contributed by atoms with Gasteiger partial charge >= 0.3 is 0 Å². The second-order valence-corrected chi connectivity index (χ2v) is 4.53. The molecule has 1 heterocycles. The zero-order chi connectivity index (χ0) is 13.0. The molecule has 1 unspecified atom stereocenters. The van der Waals surface area contributed by atoms with Gasteiger partial charge in [0.2, 0.25) is 0 Å². The molecule has 19 heavy (non-hydrogen) atoms. The Labute approximate surface area is 117 Å². The maximum Gasteiger partial charge on any atom is 0.254 e. The van der Waals surface area contributed by atoms with Crippen molar-refractivity contribution in [3.63, 3.8) is 0 Å². The van der Waals surface area contributed by atoms with Crippen LogP contribution in [0.5, 0.6) is 0 Å². The maximum absolute atomic E-state index is 13.3. The van der Waals surface area contributed by atoms with Crippen molar-refractivity contribution in [2.75, 3.05) is 19.6 Å². The van der Waals surface area contributed by atoms with Gasteiger partial charge in [0.1, 0.15) is 11.6 Å². The number of nitrogens with one attached hydrogen (secondary N) is 2. The molecule has 2 N–H and O–H groups in total. The Morgan fingerprint density at radius 1 is 1.42 bits per heavy atom. The van der Waals surface area contributed by atoms with Gasteiger partial charge in [0.25, 0.3) is 5.91 Å². The Kier molecular flexibility index (Phi) is 6.18. The molecule has 1 aromatic carbocycles. The smallest absolute Gasteiger partial charge is 0.254 e. The lowest BCUT2D eigenvalue weighted by Gasteiger charge is -2.09. The van der Waals surface area contributed by atoms with Crippen LogP contribution in [-0.2, 0) is 0 Å². The Morgan fingerprint density at radius 3 is 2.89 bits per heavy atom. The number of halogens is 3. The van der Waals surface area contributed by atoms with Gasteiger partial charge in [-0.15, -0.1) is 12.4 Å². The van der Waals surface area contributed by atoms with Gasteiger partial charge in [-0.25, -0.2) is 8.78 Å². The summed E-state index contributed by atoms with van der Waals surface area (Å²) >= 11 is 0. The molecule has 0 radical (unpaired) electrons. The van der Waals surface area contributed by atoms with Crippen LogP contribution in [0.1, 0.15) is 23.2 Å². The predicted octanol–water partition coefficient (Wildman–Crippen LogP) is 2.12. The Balaban J connectivity index is 0.00000180. The van der Waals surface area contributed by atoms with Gasteiger partial charge in [0.05, 0.1) is 5.56 Å². The predicted molar refractivity (Wildman–Crippen MR) is 71.5 cm³/mol. The third-order valence-electron chi connectivity index (χ3n) is 3.17. The number of hydrogen-bond acceptors (Lipinski definition) is 2.